The molecular weight excluding hydrogens is 270 g/mol. The van der Waals surface area contributed by atoms with Crippen LogP contribution in [0.15, 0.2) is 0 Å². The lowest BCUT2D eigenvalue weighted by Crippen LogP contribution is -2.49. The fourth-order valence-corrected chi connectivity index (χ4v) is 3.80. The molecule has 1 atom stereocenters. The van der Waals surface area contributed by atoms with Crippen LogP contribution >= 0.6 is 0 Å². The zero-order chi connectivity index (χ0) is 14.8. The number of carboxylic acid groups (broad SMARTS) is 1. The van der Waals surface area contributed by atoms with Crippen LogP contribution in [0.2, 0.25) is 0 Å². The van der Waals surface area contributed by atoms with E-state index < -0.39 is 33.8 Å². The lowest BCUT2D eigenvalue weighted by molar-refractivity contribution is -0.150. The van der Waals surface area contributed by atoms with Crippen molar-refractivity contribution in [2.45, 2.75) is 39.7 Å². The number of carbonyl (C=O) groups excluding carboxylic acids is 1. The van der Waals surface area contributed by atoms with Crippen molar-refractivity contribution in [2.75, 3.05) is 18.1 Å². The second-order valence-corrected chi connectivity index (χ2v) is 7.85. The SMILES string of the molecule is CCC(C)(C)C(=O)N(CC(=O)O)C1CCS(=O)(=O)C1. The molecule has 1 amide bonds. The number of sulfone groups is 1. The number of amides is 1. The van der Waals surface area contributed by atoms with E-state index >= 15 is 0 Å². The van der Waals surface area contributed by atoms with Gasteiger partial charge in [0.05, 0.1) is 11.5 Å². The van der Waals surface area contributed by atoms with Gasteiger partial charge in [-0.1, -0.05) is 20.8 Å². The first kappa shape index (κ1) is 15.9. The van der Waals surface area contributed by atoms with Crippen LogP contribution in [0.25, 0.3) is 0 Å². The zero-order valence-corrected chi connectivity index (χ0v) is 12.4. The second kappa shape index (κ2) is 5.48. The van der Waals surface area contributed by atoms with Crippen LogP contribution < -0.4 is 0 Å². The Morgan fingerprint density at radius 3 is 2.32 bits per heavy atom. The van der Waals surface area contributed by atoms with Gasteiger partial charge in [-0.25, -0.2) is 8.42 Å². The molecule has 0 aromatic heterocycles. The summed E-state index contributed by atoms with van der Waals surface area (Å²) in [5.74, 6) is -1.52. The van der Waals surface area contributed by atoms with E-state index in [2.05, 4.69) is 0 Å². The highest BCUT2D eigenvalue weighted by Crippen LogP contribution is 2.27. The number of rotatable bonds is 5. The van der Waals surface area contributed by atoms with Gasteiger partial charge < -0.3 is 10.0 Å². The molecule has 1 rings (SSSR count). The number of carbonyl (C=O) groups is 2. The van der Waals surface area contributed by atoms with Crippen molar-refractivity contribution in [3.05, 3.63) is 0 Å². The van der Waals surface area contributed by atoms with Gasteiger partial charge in [-0.15, -0.1) is 0 Å². The van der Waals surface area contributed by atoms with Gasteiger partial charge in [0.1, 0.15) is 6.54 Å². The van der Waals surface area contributed by atoms with Crippen LogP contribution in [-0.4, -0.2) is 54.4 Å². The fourth-order valence-electron chi connectivity index (χ4n) is 2.07. The summed E-state index contributed by atoms with van der Waals surface area (Å²) < 4.78 is 23.0. The Balaban J connectivity index is 2.96. The van der Waals surface area contributed by atoms with E-state index in [1.807, 2.05) is 6.92 Å². The van der Waals surface area contributed by atoms with Crippen LogP contribution in [0.4, 0.5) is 0 Å². The number of carboxylic acids is 1. The van der Waals surface area contributed by atoms with Gasteiger partial charge in [-0.3, -0.25) is 9.59 Å². The van der Waals surface area contributed by atoms with Crippen molar-refractivity contribution < 1.29 is 23.1 Å². The summed E-state index contributed by atoms with van der Waals surface area (Å²) in [6, 6.07) is -0.514. The molecule has 0 spiro atoms. The first-order valence-electron chi connectivity index (χ1n) is 6.32. The molecule has 0 aromatic rings. The minimum Gasteiger partial charge on any atom is -0.480 e. The smallest absolute Gasteiger partial charge is 0.323 e. The molecule has 19 heavy (non-hydrogen) atoms. The van der Waals surface area contributed by atoms with Gasteiger partial charge in [0, 0.05) is 11.5 Å². The Morgan fingerprint density at radius 2 is 1.95 bits per heavy atom. The van der Waals surface area contributed by atoms with E-state index in [1.54, 1.807) is 13.8 Å². The molecular formula is C12H21NO5S. The van der Waals surface area contributed by atoms with Crippen LogP contribution in [0, 0.1) is 5.41 Å². The third kappa shape index (κ3) is 3.92. The maximum atomic E-state index is 12.4. The van der Waals surface area contributed by atoms with E-state index in [4.69, 9.17) is 5.11 Å². The summed E-state index contributed by atoms with van der Waals surface area (Å²) in [5, 5.41) is 8.92. The molecule has 0 saturated carbocycles. The third-order valence-electron chi connectivity index (χ3n) is 3.68. The Kier molecular flexibility index (Phi) is 4.60. The van der Waals surface area contributed by atoms with Crippen LogP contribution in [0.3, 0.4) is 0 Å². The van der Waals surface area contributed by atoms with E-state index in [0.717, 1.165) is 0 Å². The monoisotopic (exact) mass is 291 g/mol. The van der Waals surface area contributed by atoms with Gasteiger partial charge in [-0.2, -0.15) is 0 Å². The molecule has 7 heteroatoms. The normalized spacial score (nSPS) is 22.2. The van der Waals surface area contributed by atoms with Crippen molar-refractivity contribution in [1.29, 1.82) is 0 Å². The molecule has 110 valence electrons. The standard InChI is InChI=1S/C12H21NO5S/c1-4-12(2,3)11(16)13(7-10(14)15)9-5-6-19(17,18)8-9/h9H,4-8H2,1-3H3,(H,14,15). The highest BCUT2D eigenvalue weighted by molar-refractivity contribution is 7.91. The van der Waals surface area contributed by atoms with Crippen molar-refractivity contribution in [1.82, 2.24) is 4.90 Å². The number of hydrogen-bond donors (Lipinski definition) is 1. The minimum atomic E-state index is -3.15. The number of nitrogens with zero attached hydrogens (tertiary/aromatic N) is 1. The number of hydrogen-bond acceptors (Lipinski definition) is 4. The predicted molar refractivity (Wildman–Crippen MR) is 70.5 cm³/mol. The van der Waals surface area contributed by atoms with Crippen LogP contribution in [-0.2, 0) is 19.4 Å². The summed E-state index contributed by atoms with van der Waals surface area (Å²) in [4.78, 5) is 24.5. The van der Waals surface area contributed by atoms with Gasteiger partial charge in [0.25, 0.3) is 0 Å². The zero-order valence-electron chi connectivity index (χ0n) is 11.5. The molecule has 1 unspecified atom stereocenters. The van der Waals surface area contributed by atoms with E-state index in [-0.39, 0.29) is 17.4 Å². The largest absolute Gasteiger partial charge is 0.480 e. The molecule has 0 radical (unpaired) electrons. The lowest BCUT2D eigenvalue weighted by Gasteiger charge is -2.33. The van der Waals surface area contributed by atoms with Crippen molar-refractivity contribution >= 4 is 21.7 Å². The Bertz CT molecular complexity index is 469. The molecule has 1 heterocycles. The van der Waals surface area contributed by atoms with E-state index in [0.29, 0.717) is 12.8 Å². The second-order valence-electron chi connectivity index (χ2n) is 5.62. The molecule has 1 aliphatic rings. The first-order valence-corrected chi connectivity index (χ1v) is 8.14. The number of aliphatic carboxylic acids is 1. The fraction of sp³-hybridized carbons (Fsp3) is 0.833. The Morgan fingerprint density at radius 1 is 1.37 bits per heavy atom. The molecule has 0 aliphatic carbocycles. The summed E-state index contributed by atoms with van der Waals surface area (Å²) >= 11 is 0. The van der Waals surface area contributed by atoms with E-state index in [9.17, 15) is 18.0 Å². The van der Waals surface area contributed by atoms with Crippen molar-refractivity contribution in [3.8, 4) is 0 Å². The summed E-state index contributed by atoms with van der Waals surface area (Å²) in [5.41, 5.74) is -0.679. The van der Waals surface area contributed by atoms with Gasteiger partial charge in [0.15, 0.2) is 9.84 Å². The van der Waals surface area contributed by atoms with Crippen LogP contribution in [0.1, 0.15) is 33.6 Å². The molecule has 1 aliphatic heterocycles. The highest BCUT2D eigenvalue weighted by Gasteiger charge is 2.39. The maximum Gasteiger partial charge on any atom is 0.323 e. The van der Waals surface area contributed by atoms with Gasteiger partial charge >= 0.3 is 5.97 Å². The maximum absolute atomic E-state index is 12.4. The molecule has 1 fully saturated rings. The van der Waals surface area contributed by atoms with Gasteiger partial charge in [0.2, 0.25) is 5.91 Å². The third-order valence-corrected chi connectivity index (χ3v) is 5.43. The summed E-state index contributed by atoms with van der Waals surface area (Å²) in [6.07, 6.45) is 0.891. The van der Waals surface area contributed by atoms with Crippen molar-refractivity contribution in [2.24, 2.45) is 5.41 Å². The highest BCUT2D eigenvalue weighted by atomic mass is 32.2. The van der Waals surface area contributed by atoms with Gasteiger partial charge in [-0.05, 0) is 12.8 Å². The molecule has 1 N–H and O–H groups in total. The summed E-state index contributed by atoms with van der Waals surface area (Å²) in [7, 11) is -3.15. The van der Waals surface area contributed by atoms with Crippen LogP contribution in [0.5, 0.6) is 0 Å². The molecule has 0 bridgehead atoms. The molecule has 1 saturated heterocycles. The average molecular weight is 291 g/mol. The minimum absolute atomic E-state index is 0.0214. The molecule has 0 aromatic carbocycles. The lowest BCUT2D eigenvalue weighted by atomic mass is 9.88. The predicted octanol–water partition coefficient (Wildman–Crippen LogP) is 0.523. The topological polar surface area (TPSA) is 91.8 Å². The Labute approximate surface area is 113 Å². The Hall–Kier alpha value is -1.11. The summed E-state index contributed by atoms with van der Waals surface area (Å²) in [6.45, 7) is 4.89. The quantitative estimate of drug-likeness (QED) is 0.797. The van der Waals surface area contributed by atoms with Crippen molar-refractivity contribution in [3.63, 3.8) is 0 Å². The average Bonchev–Trinajstić information content (AvgIpc) is 2.65. The van der Waals surface area contributed by atoms with E-state index in [1.165, 1.54) is 4.90 Å². The molecule has 6 nitrogen and oxygen atoms in total. The first-order chi connectivity index (χ1) is 8.59.